The molecule has 4 saturated carbocycles. The van der Waals surface area contributed by atoms with E-state index in [1.54, 1.807) is 0 Å². The van der Waals surface area contributed by atoms with Crippen molar-refractivity contribution < 1.29 is 50.1 Å². The topological polar surface area (TPSA) is 61.8 Å². The van der Waals surface area contributed by atoms with E-state index in [2.05, 4.69) is 11.3 Å². The van der Waals surface area contributed by atoms with Gasteiger partial charge in [-0.25, -0.2) is 9.59 Å². The second kappa shape index (κ2) is 8.22. The normalized spacial score (nSPS) is 32.7. The van der Waals surface area contributed by atoms with Gasteiger partial charge in [0.05, 0.1) is 12.2 Å². The third-order valence-electron chi connectivity index (χ3n) is 6.57. The third kappa shape index (κ3) is 5.23. The second-order valence-electron chi connectivity index (χ2n) is 9.66. The zero-order chi connectivity index (χ0) is 24.1. The van der Waals surface area contributed by atoms with Crippen molar-refractivity contribution in [1.29, 1.82) is 0 Å². The van der Waals surface area contributed by atoms with Crippen molar-refractivity contribution in [2.45, 2.75) is 82.5 Å². The molecule has 0 N–H and O–H groups in total. The Morgan fingerprint density at radius 2 is 1.56 bits per heavy atom. The van der Waals surface area contributed by atoms with Gasteiger partial charge in [-0.1, -0.05) is 6.58 Å². The van der Waals surface area contributed by atoms with Crippen LogP contribution in [0.15, 0.2) is 12.2 Å². The molecule has 182 valence electrons. The summed E-state index contributed by atoms with van der Waals surface area (Å²) in [4.78, 5) is 24.0. The number of alkyl halides is 6. The first-order chi connectivity index (χ1) is 14.5. The molecular formula is C21H26F6O5. The van der Waals surface area contributed by atoms with Gasteiger partial charge in [-0.15, -0.1) is 0 Å². The van der Waals surface area contributed by atoms with Crippen molar-refractivity contribution in [2.24, 2.45) is 17.3 Å². The second-order valence-corrected chi connectivity index (χ2v) is 9.66. The summed E-state index contributed by atoms with van der Waals surface area (Å²) in [6.07, 6.45) is -13.4. The van der Waals surface area contributed by atoms with Crippen LogP contribution in [-0.2, 0) is 23.8 Å². The Morgan fingerprint density at radius 1 is 1.03 bits per heavy atom. The lowest BCUT2D eigenvalue weighted by atomic mass is 9.48. The average Bonchev–Trinajstić information content (AvgIpc) is 2.60. The summed E-state index contributed by atoms with van der Waals surface area (Å²) >= 11 is 0. The Balaban J connectivity index is 1.70. The number of halogens is 6. The molecular weight excluding hydrogens is 446 g/mol. The van der Waals surface area contributed by atoms with Gasteiger partial charge in [-0.3, -0.25) is 0 Å². The summed E-state index contributed by atoms with van der Waals surface area (Å²) in [5.41, 5.74) is -1.04. The number of hydrogen-bond acceptors (Lipinski definition) is 5. The number of ether oxygens (including phenoxy) is 3. The van der Waals surface area contributed by atoms with Gasteiger partial charge >= 0.3 is 24.3 Å². The molecule has 0 heterocycles. The highest BCUT2D eigenvalue weighted by molar-refractivity contribution is 5.86. The predicted octanol–water partition coefficient (Wildman–Crippen LogP) is 4.89. The fourth-order valence-electron chi connectivity index (χ4n) is 5.97. The fourth-order valence-corrected chi connectivity index (χ4v) is 5.97. The van der Waals surface area contributed by atoms with Crippen molar-refractivity contribution in [3.63, 3.8) is 0 Å². The molecule has 4 aliphatic carbocycles. The summed E-state index contributed by atoms with van der Waals surface area (Å²) in [5.74, 6) is -1.83. The summed E-state index contributed by atoms with van der Waals surface area (Å²) in [6, 6.07) is 0. The van der Waals surface area contributed by atoms with Gasteiger partial charge in [0.1, 0.15) is 0 Å². The lowest BCUT2D eigenvalue weighted by molar-refractivity contribution is -0.316. The van der Waals surface area contributed by atoms with Crippen LogP contribution >= 0.6 is 0 Å². The number of hydrogen-bond donors (Lipinski definition) is 0. The molecule has 3 unspecified atom stereocenters. The van der Waals surface area contributed by atoms with Crippen molar-refractivity contribution in [3.05, 3.63) is 12.2 Å². The van der Waals surface area contributed by atoms with Gasteiger partial charge in [0, 0.05) is 11.0 Å². The Labute approximate surface area is 181 Å². The van der Waals surface area contributed by atoms with Crippen LogP contribution in [0.2, 0.25) is 0 Å². The standard InChI is InChI=1S/C21H26F6O5/c1-11(2)15(28)30-10-18-5-13-4-14(6-18)8-19(7-13,9-18)32-12(3)16(29)31-17(20(22,23)24)21(25,26)27/h12-14,17H,1,4-10H2,2-3H3. The molecule has 0 aliphatic heterocycles. The molecule has 4 rings (SSSR count). The Morgan fingerprint density at radius 3 is 2.03 bits per heavy atom. The lowest BCUT2D eigenvalue weighted by Crippen LogP contribution is -2.59. The van der Waals surface area contributed by atoms with Gasteiger partial charge in [0.15, 0.2) is 6.10 Å². The Bertz CT molecular complexity index is 746. The van der Waals surface area contributed by atoms with E-state index in [4.69, 9.17) is 9.47 Å². The molecule has 0 spiro atoms. The largest absolute Gasteiger partial charge is 0.462 e. The quantitative estimate of drug-likeness (QED) is 0.300. The summed E-state index contributed by atoms with van der Waals surface area (Å²) in [6.45, 7) is 6.28. The first-order valence-electron chi connectivity index (χ1n) is 10.4. The molecule has 0 aromatic heterocycles. The smallest absolute Gasteiger partial charge is 0.434 e. The van der Waals surface area contributed by atoms with Gasteiger partial charge in [-0.2, -0.15) is 26.3 Å². The number of carbonyl (C=O) groups is 2. The van der Waals surface area contributed by atoms with Gasteiger partial charge in [-0.05, 0) is 64.2 Å². The van der Waals surface area contributed by atoms with E-state index in [-0.39, 0.29) is 24.0 Å². The monoisotopic (exact) mass is 472 g/mol. The van der Waals surface area contributed by atoms with Crippen molar-refractivity contribution in [1.82, 2.24) is 0 Å². The van der Waals surface area contributed by atoms with E-state index in [0.29, 0.717) is 19.3 Å². The van der Waals surface area contributed by atoms with Crippen LogP contribution in [0.4, 0.5) is 26.3 Å². The van der Waals surface area contributed by atoms with Crippen LogP contribution in [0.5, 0.6) is 0 Å². The van der Waals surface area contributed by atoms with Gasteiger partial charge in [0.2, 0.25) is 0 Å². The highest BCUT2D eigenvalue weighted by atomic mass is 19.4. The van der Waals surface area contributed by atoms with Crippen LogP contribution in [0.3, 0.4) is 0 Å². The molecule has 0 amide bonds. The van der Waals surface area contributed by atoms with Crippen molar-refractivity contribution >= 4 is 11.9 Å². The average molecular weight is 472 g/mol. The molecule has 5 nitrogen and oxygen atoms in total. The molecule has 4 aliphatic rings. The highest BCUT2D eigenvalue weighted by Gasteiger charge is 2.62. The van der Waals surface area contributed by atoms with Crippen molar-refractivity contribution in [3.8, 4) is 0 Å². The molecule has 3 atom stereocenters. The molecule has 4 bridgehead atoms. The maximum Gasteiger partial charge on any atom is 0.434 e. The van der Waals surface area contributed by atoms with Gasteiger partial charge in [0.25, 0.3) is 6.10 Å². The summed E-state index contributed by atoms with van der Waals surface area (Å²) in [5, 5.41) is 0. The van der Waals surface area contributed by atoms with E-state index in [1.165, 1.54) is 6.92 Å². The SMILES string of the molecule is C=C(C)C(=O)OCC12CC3CC(C1)CC(OC(C)C(=O)OC(C(F)(F)F)C(F)(F)F)(C3)C2. The number of carbonyl (C=O) groups excluding carboxylic acids is 2. The maximum absolute atomic E-state index is 12.7. The molecule has 0 aromatic carbocycles. The van der Waals surface area contributed by atoms with E-state index in [0.717, 1.165) is 26.2 Å². The number of esters is 2. The molecule has 0 saturated heterocycles. The van der Waals surface area contributed by atoms with Crippen molar-refractivity contribution in [2.75, 3.05) is 6.61 Å². The molecule has 4 fully saturated rings. The first kappa shape index (κ1) is 24.9. The Hall–Kier alpha value is -1.78. The minimum Gasteiger partial charge on any atom is -0.462 e. The predicted molar refractivity (Wildman–Crippen MR) is 98.2 cm³/mol. The van der Waals surface area contributed by atoms with Crippen LogP contribution in [-0.4, -0.2) is 48.7 Å². The molecule has 0 radical (unpaired) electrons. The zero-order valence-corrected chi connectivity index (χ0v) is 17.8. The minimum absolute atomic E-state index is 0.125. The molecule has 11 heteroatoms. The number of rotatable bonds is 7. The van der Waals surface area contributed by atoms with Crippen LogP contribution < -0.4 is 0 Å². The van der Waals surface area contributed by atoms with E-state index >= 15 is 0 Å². The summed E-state index contributed by atoms with van der Waals surface area (Å²) < 4.78 is 91.4. The lowest BCUT2D eigenvalue weighted by Gasteiger charge is -2.61. The van der Waals surface area contributed by atoms with Crippen LogP contribution in [0.1, 0.15) is 52.4 Å². The van der Waals surface area contributed by atoms with E-state index in [9.17, 15) is 35.9 Å². The zero-order valence-electron chi connectivity index (χ0n) is 17.8. The Kier molecular flexibility index (Phi) is 6.38. The first-order valence-corrected chi connectivity index (χ1v) is 10.4. The third-order valence-corrected chi connectivity index (χ3v) is 6.57. The molecule has 0 aromatic rings. The van der Waals surface area contributed by atoms with E-state index in [1.807, 2.05) is 0 Å². The van der Waals surface area contributed by atoms with Crippen LogP contribution in [0.25, 0.3) is 0 Å². The fraction of sp³-hybridized carbons (Fsp3) is 0.810. The minimum atomic E-state index is -5.79. The highest BCUT2D eigenvalue weighted by Crippen LogP contribution is 2.63. The maximum atomic E-state index is 12.7. The van der Waals surface area contributed by atoms with E-state index < -0.39 is 47.5 Å². The van der Waals surface area contributed by atoms with Gasteiger partial charge < -0.3 is 14.2 Å². The van der Waals surface area contributed by atoms with Crippen LogP contribution in [0, 0.1) is 17.3 Å². The molecule has 32 heavy (non-hydrogen) atoms. The summed E-state index contributed by atoms with van der Waals surface area (Å²) in [7, 11) is 0.